The minimum Gasteiger partial charge on any atom is -0.496 e. The third-order valence-corrected chi connectivity index (χ3v) is 9.09. The second-order valence-corrected chi connectivity index (χ2v) is 11.3. The van der Waals surface area contributed by atoms with Gasteiger partial charge in [-0.05, 0) is 67.7 Å². The van der Waals surface area contributed by atoms with Crippen LogP contribution < -0.4 is 10.5 Å². The number of carbonyl (C=O) groups excluding carboxylic acids is 2. The molecule has 2 saturated heterocycles. The van der Waals surface area contributed by atoms with Crippen LogP contribution in [0.15, 0.2) is 72.8 Å². The number of benzene rings is 3. The SMILES string of the molecule is COc1ccccc1C(=O)N1CO[C@](CCN2CCC(C(N)=O)(c3ccccc3)CC2)(c2ccc(Cl)c(Cl)c2)C1. The zero-order valence-corrected chi connectivity index (χ0v) is 24.0. The fraction of sp³-hybridized carbons (Fsp3) is 0.355. The normalized spacial score (nSPS) is 20.8. The van der Waals surface area contributed by atoms with E-state index < -0.39 is 11.0 Å². The first-order chi connectivity index (χ1) is 19.3. The number of halogens is 2. The van der Waals surface area contributed by atoms with E-state index in [-0.39, 0.29) is 18.5 Å². The highest BCUT2D eigenvalue weighted by Gasteiger charge is 2.45. The lowest BCUT2D eigenvalue weighted by Crippen LogP contribution is -2.50. The molecule has 0 saturated carbocycles. The number of piperidine rings is 1. The van der Waals surface area contributed by atoms with E-state index in [1.54, 1.807) is 30.2 Å². The maximum Gasteiger partial charge on any atom is 0.259 e. The Kier molecular flexibility index (Phi) is 8.38. The maximum absolute atomic E-state index is 13.5. The van der Waals surface area contributed by atoms with Crippen LogP contribution in [0, 0.1) is 0 Å². The van der Waals surface area contributed by atoms with Crippen molar-refractivity contribution in [2.24, 2.45) is 5.73 Å². The maximum atomic E-state index is 13.5. The molecule has 2 aliphatic heterocycles. The molecule has 3 aromatic carbocycles. The molecule has 0 radical (unpaired) electrons. The molecular weight excluding hydrogens is 549 g/mol. The summed E-state index contributed by atoms with van der Waals surface area (Å²) in [5, 5.41) is 0.893. The van der Waals surface area contributed by atoms with Crippen molar-refractivity contribution in [1.29, 1.82) is 0 Å². The van der Waals surface area contributed by atoms with Crippen molar-refractivity contribution in [3.05, 3.63) is 99.5 Å². The number of para-hydroxylation sites is 1. The molecule has 1 atom stereocenters. The third kappa shape index (κ3) is 5.44. The molecule has 0 spiro atoms. The number of ether oxygens (including phenoxy) is 2. The third-order valence-electron chi connectivity index (χ3n) is 8.35. The number of rotatable bonds is 8. The standard InChI is InChI=1S/C31H33Cl2N3O4/c1-39-27-10-6-5-9-24(27)28(37)36-20-31(40-21-36,23-11-12-25(32)26(33)19-23)15-18-35-16-13-30(14-17-35,29(34)38)22-7-3-2-4-8-22/h2-12,19H,13-18,20-21H2,1H3,(H2,34,38)/t31-/m0/s1. The van der Waals surface area contributed by atoms with Gasteiger partial charge in [-0.15, -0.1) is 0 Å². The number of nitrogens with zero attached hydrogens (tertiary/aromatic N) is 2. The van der Waals surface area contributed by atoms with Gasteiger partial charge >= 0.3 is 0 Å². The van der Waals surface area contributed by atoms with Gasteiger partial charge in [0.05, 0.1) is 34.7 Å². The zero-order chi connectivity index (χ0) is 28.3. The fourth-order valence-corrected chi connectivity index (χ4v) is 6.20. The highest BCUT2D eigenvalue weighted by molar-refractivity contribution is 6.42. The molecule has 7 nitrogen and oxygen atoms in total. The lowest BCUT2D eigenvalue weighted by atomic mass is 9.72. The van der Waals surface area contributed by atoms with E-state index in [0.717, 1.165) is 24.2 Å². The number of nitrogens with two attached hydrogens (primary N) is 1. The second-order valence-electron chi connectivity index (χ2n) is 10.5. The van der Waals surface area contributed by atoms with E-state index in [2.05, 4.69) is 4.90 Å². The lowest BCUT2D eigenvalue weighted by molar-refractivity contribution is -0.125. The van der Waals surface area contributed by atoms with Crippen molar-refractivity contribution in [1.82, 2.24) is 9.80 Å². The molecule has 210 valence electrons. The Balaban J connectivity index is 1.34. The molecule has 2 N–H and O–H groups in total. The van der Waals surface area contributed by atoms with Gasteiger partial charge in [-0.2, -0.15) is 0 Å². The summed E-state index contributed by atoms with van der Waals surface area (Å²) in [6.07, 6.45) is 1.91. The van der Waals surface area contributed by atoms with Gasteiger partial charge < -0.3 is 25.0 Å². The first-order valence-corrected chi connectivity index (χ1v) is 14.1. The van der Waals surface area contributed by atoms with E-state index in [0.29, 0.717) is 53.7 Å². The predicted molar refractivity (Wildman–Crippen MR) is 156 cm³/mol. The number of likely N-dealkylation sites (tertiary alicyclic amines) is 1. The van der Waals surface area contributed by atoms with Crippen LogP contribution in [0.3, 0.4) is 0 Å². The van der Waals surface area contributed by atoms with Gasteiger partial charge in [0.2, 0.25) is 5.91 Å². The molecule has 2 fully saturated rings. The van der Waals surface area contributed by atoms with Gasteiger partial charge in [-0.3, -0.25) is 9.59 Å². The van der Waals surface area contributed by atoms with E-state index in [1.165, 1.54) is 0 Å². The Labute approximate surface area is 244 Å². The molecule has 3 aromatic rings. The van der Waals surface area contributed by atoms with Crippen LogP contribution >= 0.6 is 23.2 Å². The van der Waals surface area contributed by atoms with Crippen LogP contribution in [0.2, 0.25) is 10.0 Å². The van der Waals surface area contributed by atoms with Crippen LogP contribution in [0.25, 0.3) is 0 Å². The van der Waals surface area contributed by atoms with E-state index in [4.69, 9.17) is 38.4 Å². The number of primary amides is 1. The van der Waals surface area contributed by atoms with Crippen LogP contribution in [0.1, 0.15) is 40.7 Å². The van der Waals surface area contributed by atoms with E-state index in [1.807, 2.05) is 54.6 Å². The van der Waals surface area contributed by atoms with Gasteiger partial charge in [0.15, 0.2) is 0 Å². The number of hydrogen-bond acceptors (Lipinski definition) is 5. The summed E-state index contributed by atoms with van der Waals surface area (Å²) in [4.78, 5) is 30.2. The smallest absolute Gasteiger partial charge is 0.259 e. The van der Waals surface area contributed by atoms with Crippen molar-refractivity contribution in [2.45, 2.75) is 30.3 Å². The van der Waals surface area contributed by atoms with Crippen LogP contribution in [-0.4, -0.2) is 61.6 Å². The Morgan fingerprint density at radius 1 is 0.950 bits per heavy atom. The van der Waals surface area contributed by atoms with Gasteiger partial charge in [-0.25, -0.2) is 0 Å². The average molecular weight is 583 g/mol. The number of methoxy groups -OCH3 is 1. The quantitative estimate of drug-likeness (QED) is 0.393. The average Bonchev–Trinajstić information content (AvgIpc) is 3.43. The molecule has 2 heterocycles. The summed E-state index contributed by atoms with van der Waals surface area (Å²) in [6.45, 7) is 2.64. The van der Waals surface area contributed by atoms with Crippen LogP contribution in [-0.2, 0) is 20.5 Å². The molecular formula is C31H33Cl2N3O4. The van der Waals surface area contributed by atoms with Gasteiger partial charge in [0.1, 0.15) is 18.1 Å². The van der Waals surface area contributed by atoms with Crippen molar-refractivity contribution >= 4 is 35.0 Å². The molecule has 0 bridgehead atoms. The summed E-state index contributed by atoms with van der Waals surface area (Å²) >= 11 is 12.6. The molecule has 2 aliphatic rings. The number of carbonyl (C=O) groups is 2. The molecule has 0 aliphatic carbocycles. The van der Waals surface area contributed by atoms with Crippen molar-refractivity contribution in [2.75, 3.05) is 40.0 Å². The van der Waals surface area contributed by atoms with E-state index >= 15 is 0 Å². The van der Waals surface area contributed by atoms with Gasteiger partial charge in [0, 0.05) is 6.54 Å². The molecule has 0 unspecified atom stereocenters. The van der Waals surface area contributed by atoms with Crippen LogP contribution in [0.5, 0.6) is 5.75 Å². The highest BCUT2D eigenvalue weighted by Crippen LogP contribution is 2.40. The fourth-order valence-electron chi connectivity index (χ4n) is 5.90. The van der Waals surface area contributed by atoms with Crippen molar-refractivity contribution in [3.63, 3.8) is 0 Å². The zero-order valence-electron chi connectivity index (χ0n) is 22.4. The number of hydrogen-bond donors (Lipinski definition) is 1. The Hall–Kier alpha value is -3.10. The Morgan fingerprint density at radius 2 is 1.65 bits per heavy atom. The molecule has 40 heavy (non-hydrogen) atoms. The summed E-state index contributed by atoms with van der Waals surface area (Å²) < 4.78 is 11.9. The summed E-state index contributed by atoms with van der Waals surface area (Å²) in [5.74, 6) is 0.0749. The van der Waals surface area contributed by atoms with Crippen molar-refractivity contribution in [3.8, 4) is 5.75 Å². The Morgan fingerprint density at radius 3 is 2.33 bits per heavy atom. The lowest BCUT2D eigenvalue weighted by Gasteiger charge is -2.41. The summed E-state index contributed by atoms with van der Waals surface area (Å²) in [7, 11) is 1.55. The van der Waals surface area contributed by atoms with Crippen molar-refractivity contribution < 1.29 is 19.1 Å². The van der Waals surface area contributed by atoms with Gasteiger partial charge in [-0.1, -0.05) is 71.7 Å². The first-order valence-electron chi connectivity index (χ1n) is 13.4. The van der Waals surface area contributed by atoms with Gasteiger partial charge in [0.25, 0.3) is 5.91 Å². The molecule has 0 aromatic heterocycles. The van der Waals surface area contributed by atoms with E-state index in [9.17, 15) is 9.59 Å². The van der Waals surface area contributed by atoms with Crippen LogP contribution in [0.4, 0.5) is 0 Å². The monoisotopic (exact) mass is 581 g/mol. The predicted octanol–water partition coefficient (Wildman–Crippen LogP) is 5.24. The largest absolute Gasteiger partial charge is 0.496 e. The first kappa shape index (κ1) is 28.4. The summed E-state index contributed by atoms with van der Waals surface area (Å²) in [5.41, 5.74) is 6.82. The summed E-state index contributed by atoms with van der Waals surface area (Å²) in [6, 6.07) is 22.5. The minimum absolute atomic E-state index is 0.135. The second kappa shape index (κ2) is 11.8. The molecule has 2 amide bonds. The molecule has 5 rings (SSSR count). The highest BCUT2D eigenvalue weighted by atomic mass is 35.5. The topological polar surface area (TPSA) is 85.1 Å². The number of amides is 2. The Bertz CT molecular complexity index is 1380. The minimum atomic E-state index is -0.774. The molecule has 9 heteroatoms.